The number of aliphatic hydroxyl groups excluding tert-OH is 1. The van der Waals surface area contributed by atoms with Crippen molar-refractivity contribution in [1.29, 1.82) is 0 Å². The molecular weight excluding hydrogens is 250 g/mol. The molecule has 1 aromatic carbocycles. The number of nitrogens with one attached hydrogen (secondary N) is 1. The van der Waals surface area contributed by atoms with E-state index in [1.807, 2.05) is 30.3 Å². The summed E-state index contributed by atoms with van der Waals surface area (Å²) in [7, 11) is 0. The molecule has 0 aliphatic heterocycles. The maximum absolute atomic E-state index is 9.96. The molecule has 0 saturated heterocycles. The molecule has 0 heterocycles. The van der Waals surface area contributed by atoms with Crippen molar-refractivity contribution < 1.29 is 9.84 Å². The maximum Gasteiger partial charge on any atom is 0.0906 e. The van der Waals surface area contributed by atoms with E-state index in [0.29, 0.717) is 6.61 Å². The molecule has 0 spiro atoms. The second kappa shape index (κ2) is 9.11. The van der Waals surface area contributed by atoms with E-state index in [1.54, 1.807) is 0 Å². The third-order valence-corrected chi connectivity index (χ3v) is 3.62. The van der Waals surface area contributed by atoms with Gasteiger partial charge >= 0.3 is 0 Å². The normalized spacial score (nSPS) is 15.8. The van der Waals surface area contributed by atoms with E-state index in [1.165, 1.54) is 0 Å². The van der Waals surface area contributed by atoms with Gasteiger partial charge in [-0.15, -0.1) is 0 Å². The third-order valence-electron chi connectivity index (χ3n) is 3.62. The molecule has 0 aromatic heterocycles. The van der Waals surface area contributed by atoms with Crippen LogP contribution in [0.1, 0.15) is 45.6 Å². The largest absolute Gasteiger partial charge is 0.394 e. The lowest BCUT2D eigenvalue weighted by atomic mass is 9.91. The second-order valence-electron chi connectivity index (χ2n) is 5.44. The van der Waals surface area contributed by atoms with E-state index in [-0.39, 0.29) is 12.7 Å². The van der Waals surface area contributed by atoms with Crippen molar-refractivity contribution in [2.75, 3.05) is 19.8 Å². The van der Waals surface area contributed by atoms with E-state index in [4.69, 9.17) is 4.74 Å². The summed E-state index contributed by atoms with van der Waals surface area (Å²) in [5, 5.41) is 13.4. The van der Waals surface area contributed by atoms with Crippen LogP contribution in [0.4, 0.5) is 0 Å². The van der Waals surface area contributed by atoms with Crippen molar-refractivity contribution in [2.24, 2.45) is 0 Å². The smallest absolute Gasteiger partial charge is 0.0906 e. The molecule has 1 rings (SSSR count). The highest BCUT2D eigenvalue weighted by Crippen LogP contribution is 2.22. The molecule has 0 saturated carbocycles. The first-order valence-corrected chi connectivity index (χ1v) is 7.71. The molecule has 1 aromatic rings. The van der Waals surface area contributed by atoms with E-state index in [2.05, 4.69) is 26.1 Å². The molecule has 2 atom stereocenters. The second-order valence-corrected chi connectivity index (χ2v) is 5.44. The van der Waals surface area contributed by atoms with Gasteiger partial charge in [0.25, 0.3) is 0 Å². The molecule has 0 fully saturated rings. The number of hydrogen-bond acceptors (Lipinski definition) is 3. The van der Waals surface area contributed by atoms with Crippen molar-refractivity contribution in [3.8, 4) is 0 Å². The third kappa shape index (κ3) is 4.89. The van der Waals surface area contributed by atoms with Gasteiger partial charge in [-0.3, -0.25) is 0 Å². The standard InChI is InChI=1S/C17H29NO2/c1-4-9-15(3)20-14-17(13-19,18-12-5-2)16-10-7-6-8-11-16/h6-8,10-11,15,18-19H,4-5,9,12-14H2,1-3H3. The number of hydrogen-bond donors (Lipinski definition) is 2. The Hall–Kier alpha value is -0.900. The average molecular weight is 279 g/mol. The van der Waals surface area contributed by atoms with Gasteiger partial charge in [-0.05, 0) is 31.9 Å². The van der Waals surface area contributed by atoms with Crippen LogP contribution in [0.15, 0.2) is 30.3 Å². The van der Waals surface area contributed by atoms with Crippen molar-refractivity contribution >= 4 is 0 Å². The molecule has 3 heteroatoms. The topological polar surface area (TPSA) is 41.5 Å². The zero-order chi connectivity index (χ0) is 14.8. The van der Waals surface area contributed by atoms with Crippen molar-refractivity contribution in [3.05, 3.63) is 35.9 Å². The highest BCUT2D eigenvalue weighted by Gasteiger charge is 2.31. The summed E-state index contributed by atoms with van der Waals surface area (Å²) in [6.07, 6.45) is 3.41. The maximum atomic E-state index is 9.96. The Morgan fingerprint density at radius 3 is 2.45 bits per heavy atom. The quantitative estimate of drug-likeness (QED) is 0.691. The molecule has 20 heavy (non-hydrogen) atoms. The van der Waals surface area contributed by atoms with E-state index in [9.17, 15) is 5.11 Å². The Bertz CT molecular complexity index is 355. The summed E-state index contributed by atoms with van der Waals surface area (Å²) in [6.45, 7) is 7.77. The first-order chi connectivity index (χ1) is 9.68. The lowest BCUT2D eigenvalue weighted by molar-refractivity contribution is -0.00764. The molecule has 3 nitrogen and oxygen atoms in total. The van der Waals surface area contributed by atoms with Gasteiger partial charge in [0.2, 0.25) is 0 Å². The van der Waals surface area contributed by atoms with Gasteiger partial charge < -0.3 is 15.2 Å². The number of rotatable bonds is 10. The van der Waals surface area contributed by atoms with E-state index < -0.39 is 5.54 Å². The highest BCUT2D eigenvalue weighted by molar-refractivity contribution is 5.25. The fourth-order valence-corrected chi connectivity index (χ4v) is 2.33. The number of aliphatic hydroxyl groups is 1. The molecule has 0 amide bonds. The van der Waals surface area contributed by atoms with Crippen molar-refractivity contribution in [3.63, 3.8) is 0 Å². The van der Waals surface area contributed by atoms with Crippen LogP contribution < -0.4 is 5.32 Å². The minimum Gasteiger partial charge on any atom is -0.394 e. The van der Waals surface area contributed by atoms with Crippen LogP contribution in [-0.4, -0.2) is 31.0 Å². The predicted molar refractivity (Wildman–Crippen MR) is 83.8 cm³/mol. The van der Waals surface area contributed by atoms with Gasteiger partial charge in [-0.1, -0.05) is 50.6 Å². The Kier molecular flexibility index (Phi) is 7.82. The van der Waals surface area contributed by atoms with Gasteiger partial charge in [0.15, 0.2) is 0 Å². The van der Waals surface area contributed by atoms with Crippen LogP contribution >= 0.6 is 0 Å². The van der Waals surface area contributed by atoms with Crippen molar-refractivity contribution in [2.45, 2.75) is 51.7 Å². The monoisotopic (exact) mass is 279 g/mol. The van der Waals surface area contributed by atoms with Crippen LogP contribution in [0.5, 0.6) is 0 Å². The molecule has 114 valence electrons. The summed E-state index contributed by atoms with van der Waals surface area (Å²) in [5.41, 5.74) is 0.582. The molecule has 0 aliphatic carbocycles. The zero-order valence-corrected chi connectivity index (χ0v) is 13.1. The van der Waals surface area contributed by atoms with Crippen LogP contribution in [0.25, 0.3) is 0 Å². The van der Waals surface area contributed by atoms with E-state index >= 15 is 0 Å². The van der Waals surface area contributed by atoms with Crippen LogP contribution in [0.2, 0.25) is 0 Å². The van der Waals surface area contributed by atoms with Gasteiger partial charge in [-0.25, -0.2) is 0 Å². The number of benzene rings is 1. The highest BCUT2D eigenvalue weighted by atomic mass is 16.5. The summed E-state index contributed by atoms with van der Waals surface area (Å²) in [4.78, 5) is 0. The summed E-state index contributed by atoms with van der Waals surface area (Å²) >= 11 is 0. The van der Waals surface area contributed by atoms with Crippen LogP contribution in [-0.2, 0) is 10.3 Å². The first-order valence-electron chi connectivity index (χ1n) is 7.71. The summed E-state index contributed by atoms with van der Waals surface area (Å²) in [5.74, 6) is 0. The minimum absolute atomic E-state index is 0.0376. The lowest BCUT2D eigenvalue weighted by Gasteiger charge is -2.34. The van der Waals surface area contributed by atoms with Crippen LogP contribution in [0.3, 0.4) is 0 Å². The molecule has 0 bridgehead atoms. The predicted octanol–water partition coefficient (Wildman–Crippen LogP) is 3.08. The fraction of sp³-hybridized carbons (Fsp3) is 0.647. The lowest BCUT2D eigenvalue weighted by Crippen LogP contribution is -2.50. The summed E-state index contributed by atoms with van der Waals surface area (Å²) < 4.78 is 5.97. The van der Waals surface area contributed by atoms with E-state index in [0.717, 1.165) is 31.4 Å². The van der Waals surface area contributed by atoms with Gasteiger partial charge in [0.05, 0.1) is 24.9 Å². The molecule has 0 radical (unpaired) electrons. The van der Waals surface area contributed by atoms with Gasteiger partial charge in [0, 0.05) is 0 Å². The average Bonchev–Trinajstić information content (AvgIpc) is 2.49. The minimum atomic E-state index is -0.501. The Morgan fingerprint density at radius 2 is 1.90 bits per heavy atom. The molecule has 0 aliphatic rings. The van der Waals surface area contributed by atoms with Gasteiger partial charge in [-0.2, -0.15) is 0 Å². The zero-order valence-electron chi connectivity index (χ0n) is 13.1. The molecular formula is C17H29NO2. The number of ether oxygens (including phenoxy) is 1. The Morgan fingerprint density at radius 1 is 1.20 bits per heavy atom. The first kappa shape index (κ1) is 17.2. The van der Waals surface area contributed by atoms with Crippen LogP contribution in [0, 0.1) is 0 Å². The SMILES string of the molecule is CCCNC(CO)(COC(C)CCC)c1ccccc1. The molecule has 2 N–H and O–H groups in total. The summed E-state index contributed by atoms with van der Waals surface area (Å²) in [6, 6.07) is 10.1. The van der Waals surface area contributed by atoms with Gasteiger partial charge in [0.1, 0.15) is 0 Å². The van der Waals surface area contributed by atoms with Crippen molar-refractivity contribution in [1.82, 2.24) is 5.32 Å². The Balaban J connectivity index is 2.82. The Labute approximate surface area is 123 Å². The fourth-order valence-electron chi connectivity index (χ4n) is 2.33. The molecule has 2 unspecified atom stereocenters.